The van der Waals surface area contributed by atoms with Crippen LogP contribution in [0.4, 0.5) is 0 Å². The smallest absolute Gasteiger partial charge is 0.272 e. The van der Waals surface area contributed by atoms with E-state index >= 15 is 0 Å². The predicted octanol–water partition coefficient (Wildman–Crippen LogP) is 2.20. The minimum absolute atomic E-state index is 0.0469. The number of nitrogens with zero attached hydrogens (tertiary/aromatic N) is 4. The fraction of sp³-hybridized carbons (Fsp3) is 0.650. The van der Waals surface area contributed by atoms with Crippen molar-refractivity contribution in [1.82, 2.24) is 30.0 Å². The Morgan fingerprint density at radius 2 is 2.15 bits per heavy atom. The quantitative estimate of drug-likeness (QED) is 0.783. The van der Waals surface area contributed by atoms with E-state index in [0.717, 1.165) is 67.7 Å². The molecule has 0 spiro atoms. The summed E-state index contributed by atoms with van der Waals surface area (Å²) in [5.41, 5.74) is 5.24. The van der Waals surface area contributed by atoms with Gasteiger partial charge in [0, 0.05) is 62.5 Å². The number of aryl methyl sites for hydroxylation is 2. The highest BCUT2D eigenvalue weighted by atomic mass is 16.1. The van der Waals surface area contributed by atoms with Crippen LogP contribution in [0.3, 0.4) is 0 Å². The number of aromatic amines is 1. The lowest BCUT2D eigenvalue weighted by Gasteiger charge is -2.27. The van der Waals surface area contributed by atoms with Crippen LogP contribution in [0.2, 0.25) is 0 Å². The molecule has 7 nitrogen and oxygen atoms in total. The molecule has 0 saturated heterocycles. The molecule has 2 aromatic heterocycles. The Kier molecular flexibility index (Phi) is 5.04. The minimum Gasteiger partial charge on any atom is -0.351 e. The molecule has 3 heterocycles. The molecule has 0 aromatic carbocycles. The Labute approximate surface area is 160 Å². The molecule has 2 aliphatic rings. The second-order valence-corrected chi connectivity index (χ2v) is 7.83. The lowest BCUT2D eigenvalue weighted by molar-refractivity contribution is 0.0947. The van der Waals surface area contributed by atoms with Crippen molar-refractivity contribution in [3.63, 3.8) is 0 Å². The second-order valence-electron chi connectivity index (χ2n) is 7.83. The van der Waals surface area contributed by atoms with Crippen LogP contribution in [0.1, 0.15) is 65.6 Å². The van der Waals surface area contributed by atoms with Crippen LogP contribution in [0.15, 0.2) is 0 Å². The van der Waals surface area contributed by atoms with E-state index in [0.29, 0.717) is 12.2 Å². The Morgan fingerprint density at radius 3 is 2.81 bits per heavy atom. The van der Waals surface area contributed by atoms with Gasteiger partial charge >= 0.3 is 0 Å². The lowest BCUT2D eigenvalue weighted by atomic mass is 10.0. The second kappa shape index (κ2) is 7.46. The summed E-state index contributed by atoms with van der Waals surface area (Å²) in [6.07, 6.45) is 4.43. The van der Waals surface area contributed by atoms with Crippen molar-refractivity contribution in [2.24, 2.45) is 5.92 Å². The van der Waals surface area contributed by atoms with E-state index in [-0.39, 0.29) is 5.91 Å². The van der Waals surface area contributed by atoms with E-state index in [4.69, 9.17) is 10.1 Å². The molecule has 0 bridgehead atoms. The van der Waals surface area contributed by atoms with Crippen LogP contribution < -0.4 is 5.32 Å². The van der Waals surface area contributed by atoms with E-state index in [2.05, 4.69) is 33.7 Å². The third kappa shape index (κ3) is 3.78. The van der Waals surface area contributed by atoms with Crippen molar-refractivity contribution in [3.8, 4) is 0 Å². The van der Waals surface area contributed by atoms with Crippen molar-refractivity contribution in [2.75, 3.05) is 13.1 Å². The number of imidazole rings is 1. The van der Waals surface area contributed by atoms with Gasteiger partial charge < -0.3 is 10.3 Å². The van der Waals surface area contributed by atoms with Crippen molar-refractivity contribution in [2.45, 2.75) is 66.1 Å². The zero-order valence-corrected chi connectivity index (χ0v) is 16.6. The van der Waals surface area contributed by atoms with Gasteiger partial charge in [-0.05, 0) is 32.6 Å². The highest BCUT2D eigenvalue weighted by molar-refractivity contribution is 5.94. The summed E-state index contributed by atoms with van der Waals surface area (Å²) in [7, 11) is 0. The molecule has 2 N–H and O–H groups in total. The van der Waals surface area contributed by atoms with Gasteiger partial charge in [0.25, 0.3) is 5.91 Å². The molecule has 0 radical (unpaired) electrons. The molecule has 1 saturated carbocycles. The third-order valence-electron chi connectivity index (χ3n) is 5.64. The lowest BCUT2D eigenvalue weighted by Crippen LogP contribution is -2.32. The topological polar surface area (TPSA) is 78.8 Å². The van der Waals surface area contributed by atoms with Gasteiger partial charge in [-0.25, -0.2) is 4.98 Å². The molecule has 1 fully saturated rings. The van der Waals surface area contributed by atoms with E-state index < -0.39 is 0 Å². The maximum absolute atomic E-state index is 12.6. The van der Waals surface area contributed by atoms with Gasteiger partial charge in [-0.15, -0.1) is 0 Å². The summed E-state index contributed by atoms with van der Waals surface area (Å²) in [6.45, 7) is 10.3. The number of aromatic nitrogens is 4. The van der Waals surface area contributed by atoms with E-state index in [1.165, 1.54) is 18.5 Å². The first kappa shape index (κ1) is 18.2. The van der Waals surface area contributed by atoms with Gasteiger partial charge in [-0.1, -0.05) is 6.92 Å². The van der Waals surface area contributed by atoms with Crippen molar-refractivity contribution in [1.29, 1.82) is 0 Å². The molecular weight excluding hydrogens is 340 g/mol. The molecule has 0 atom stereocenters. The van der Waals surface area contributed by atoms with Gasteiger partial charge in [-0.2, -0.15) is 5.10 Å². The van der Waals surface area contributed by atoms with E-state index in [1.807, 2.05) is 6.92 Å². The van der Waals surface area contributed by atoms with Crippen molar-refractivity contribution >= 4 is 5.91 Å². The van der Waals surface area contributed by atoms with Gasteiger partial charge in [0.05, 0.1) is 5.69 Å². The maximum Gasteiger partial charge on any atom is 0.272 e. The average molecular weight is 371 g/mol. The number of carbonyl (C=O) groups excluding carboxylic acids is 1. The molecule has 1 aliphatic carbocycles. The molecule has 146 valence electrons. The number of carbonyl (C=O) groups is 1. The molecule has 7 heteroatoms. The van der Waals surface area contributed by atoms with Crippen LogP contribution >= 0.6 is 0 Å². The molecule has 1 aliphatic heterocycles. The molecular formula is C20H30N6O. The zero-order chi connectivity index (χ0) is 19.0. The maximum atomic E-state index is 12.6. The Hall–Kier alpha value is -2.15. The molecule has 27 heavy (non-hydrogen) atoms. The fourth-order valence-corrected chi connectivity index (χ4v) is 3.90. The number of fused-ring (bicyclic) bond motifs is 1. The molecule has 4 rings (SSSR count). The number of rotatable bonds is 7. The van der Waals surface area contributed by atoms with Gasteiger partial charge in [0.1, 0.15) is 5.82 Å². The Balaban J connectivity index is 1.56. The Morgan fingerprint density at radius 1 is 1.33 bits per heavy atom. The average Bonchev–Trinajstić information content (AvgIpc) is 3.30. The summed E-state index contributed by atoms with van der Waals surface area (Å²) in [6, 6.07) is 0. The summed E-state index contributed by atoms with van der Waals surface area (Å²) < 4.78 is 2.11. The number of nitrogens with one attached hydrogen (secondary N) is 2. The number of hydrogen-bond acceptors (Lipinski definition) is 4. The van der Waals surface area contributed by atoms with Crippen LogP contribution in [0.5, 0.6) is 0 Å². The first-order chi connectivity index (χ1) is 13.1. The third-order valence-corrected chi connectivity index (χ3v) is 5.64. The highest BCUT2D eigenvalue weighted by Gasteiger charge is 2.31. The Bertz CT molecular complexity index is 832. The van der Waals surface area contributed by atoms with Gasteiger partial charge in [0.2, 0.25) is 0 Å². The van der Waals surface area contributed by atoms with Gasteiger partial charge in [-0.3, -0.25) is 14.4 Å². The largest absolute Gasteiger partial charge is 0.351 e. The van der Waals surface area contributed by atoms with E-state index in [1.54, 1.807) is 0 Å². The van der Waals surface area contributed by atoms with Gasteiger partial charge in [0.15, 0.2) is 5.69 Å². The van der Waals surface area contributed by atoms with Crippen LogP contribution in [0, 0.1) is 12.8 Å². The summed E-state index contributed by atoms with van der Waals surface area (Å²) in [5.74, 6) is 1.74. The normalized spacial score (nSPS) is 17.1. The first-order valence-electron chi connectivity index (χ1n) is 10.2. The molecule has 1 amide bonds. The summed E-state index contributed by atoms with van der Waals surface area (Å²) >= 11 is 0. The summed E-state index contributed by atoms with van der Waals surface area (Å²) in [5, 5.41) is 7.65. The number of amides is 1. The van der Waals surface area contributed by atoms with Crippen LogP contribution in [-0.4, -0.2) is 43.6 Å². The SMILES string of the molecule is CCNC(=O)c1nn(CC2CC2)c2c1CN(Cc1nc(CC)[nH]c1C)CC2. The monoisotopic (exact) mass is 370 g/mol. The standard InChI is InChI=1S/C20H30N6O/c1-4-18-22-13(3)16(23-18)12-25-9-8-17-15(11-25)19(20(27)21-5-2)24-26(17)10-14-6-7-14/h14H,4-12H2,1-3H3,(H,21,27)(H,22,23). The minimum atomic E-state index is -0.0469. The van der Waals surface area contributed by atoms with Crippen molar-refractivity contribution < 1.29 is 4.79 Å². The summed E-state index contributed by atoms with van der Waals surface area (Å²) in [4.78, 5) is 23.0. The van der Waals surface area contributed by atoms with Crippen molar-refractivity contribution in [3.05, 3.63) is 34.2 Å². The van der Waals surface area contributed by atoms with Crippen LogP contribution in [-0.2, 0) is 32.5 Å². The molecule has 2 aromatic rings. The zero-order valence-electron chi connectivity index (χ0n) is 16.6. The van der Waals surface area contributed by atoms with Crippen LogP contribution in [0.25, 0.3) is 0 Å². The van der Waals surface area contributed by atoms with E-state index in [9.17, 15) is 4.79 Å². The highest BCUT2D eigenvalue weighted by Crippen LogP contribution is 2.33. The number of H-pyrrole nitrogens is 1. The number of hydrogen-bond donors (Lipinski definition) is 2. The fourth-order valence-electron chi connectivity index (χ4n) is 3.90. The predicted molar refractivity (Wildman–Crippen MR) is 103 cm³/mol. The first-order valence-corrected chi connectivity index (χ1v) is 10.2. The molecule has 0 unspecified atom stereocenters.